The van der Waals surface area contributed by atoms with E-state index >= 15 is 0 Å². The first-order chi connectivity index (χ1) is 27.3. The van der Waals surface area contributed by atoms with Crippen molar-refractivity contribution < 1.29 is 53.1 Å². The first kappa shape index (κ1) is 57.3. The molecule has 4 N–H and O–H groups in total. The van der Waals surface area contributed by atoms with E-state index < -0.39 is 46.3 Å². The third-order valence-corrected chi connectivity index (χ3v) is 22.7. The summed E-state index contributed by atoms with van der Waals surface area (Å²) >= 11 is 0. The summed E-state index contributed by atoms with van der Waals surface area (Å²) in [6.45, 7) is 30.1. The Hall–Kier alpha value is 0.308. The predicted molar refractivity (Wildman–Crippen MR) is 237 cm³/mol. The van der Waals surface area contributed by atoms with E-state index in [-0.39, 0.29) is 0 Å². The van der Waals surface area contributed by atoms with Gasteiger partial charge in [0.15, 0.2) is 0 Å². The lowest BCUT2D eigenvalue weighted by Gasteiger charge is -2.48. The van der Waals surface area contributed by atoms with Crippen LogP contribution in [-0.4, -0.2) is 120 Å². The summed E-state index contributed by atoms with van der Waals surface area (Å²) in [5, 5.41) is 0. The van der Waals surface area contributed by atoms with Crippen LogP contribution in [0.2, 0.25) is 24.2 Å². The predicted octanol–water partition coefficient (Wildman–Crippen LogP) is 8.29. The van der Waals surface area contributed by atoms with Gasteiger partial charge in [-0.1, -0.05) is 6.42 Å². The summed E-state index contributed by atoms with van der Waals surface area (Å²) in [4.78, 5) is 0. The number of unbranched alkanes of at least 4 members (excludes halogenated alkanes) is 1. The van der Waals surface area contributed by atoms with E-state index in [4.69, 9.17) is 64.6 Å². The molecule has 0 unspecified atom stereocenters. The second kappa shape index (κ2) is 32.1. The van der Waals surface area contributed by atoms with Crippen molar-refractivity contribution in [2.75, 3.05) is 79.3 Å². The Morgan fingerprint density at radius 2 is 0.474 bits per heavy atom. The number of rotatable bonds is 42. The van der Waals surface area contributed by atoms with Crippen molar-refractivity contribution in [3.8, 4) is 0 Å². The third kappa shape index (κ3) is 20.4. The molecule has 0 aromatic carbocycles. The molecular weight excluding hydrogens is 801 g/mol. The zero-order valence-electron chi connectivity index (χ0n) is 38.7. The van der Waals surface area contributed by atoms with Gasteiger partial charge in [-0.15, -0.1) is 0 Å². The molecule has 0 heterocycles. The van der Waals surface area contributed by atoms with Crippen LogP contribution in [0.3, 0.4) is 0 Å². The molecule has 18 heteroatoms. The van der Waals surface area contributed by atoms with Gasteiger partial charge < -0.3 is 64.6 Å². The van der Waals surface area contributed by atoms with Gasteiger partial charge in [0.05, 0.1) is 5.66 Å². The van der Waals surface area contributed by atoms with E-state index in [1.807, 2.05) is 83.1 Å². The van der Waals surface area contributed by atoms with Crippen molar-refractivity contribution in [2.24, 2.45) is 16.9 Å². The normalized spacial score (nSPS) is 13.6. The summed E-state index contributed by atoms with van der Waals surface area (Å²) in [6.07, 6.45) is 6.82. The molecule has 0 spiro atoms. The molecule has 0 bridgehead atoms. The minimum absolute atomic E-state index is 0.497. The van der Waals surface area contributed by atoms with E-state index in [1.165, 1.54) is 0 Å². The fraction of sp³-hybridized carbons (Fsp3) is 1.00. The average Bonchev–Trinajstić information content (AvgIpc) is 3.14. The summed E-state index contributed by atoms with van der Waals surface area (Å²) in [7, 11) is -11.6. The maximum atomic E-state index is 7.55. The molecule has 14 nitrogen and oxygen atoms in total. The van der Waals surface area contributed by atoms with Gasteiger partial charge in [0.25, 0.3) is 0 Å². The molecule has 344 valence electrons. The Kier molecular flexibility index (Phi) is 32.2. The Labute approximate surface area is 354 Å². The zero-order valence-corrected chi connectivity index (χ0v) is 42.7. The SMILES string of the molecule is CCO[Si](CCCCC(CCC[Si](OCC)(OCC)OCC)(CCC[Si](OCC)(OCC)OCC)C(N)(N)CCC[Si](OCC)(OCC)OCC)(OCC)OCC. The minimum Gasteiger partial charge on any atom is -0.374 e. The van der Waals surface area contributed by atoms with Crippen molar-refractivity contribution in [2.45, 2.75) is 171 Å². The van der Waals surface area contributed by atoms with E-state index in [1.54, 1.807) is 0 Å². The molecule has 0 aromatic rings. The molecular formula is C39H90N2O12Si4. The van der Waals surface area contributed by atoms with Crippen molar-refractivity contribution in [1.29, 1.82) is 0 Å². The van der Waals surface area contributed by atoms with Crippen LogP contribution in [0.25, 0.3) is 0 Å². The van der Waals surface area contributed by atoms with Crippen molar-refractivity contribution in [1.82, 2.24) is 0 Å². The standard InChI is InChI=1S/C39H90N2O12Si4/c1-13-42-54(43-14-2,44-15-3)34-26-25-30-38(31-27-35-55(45-16-4,46-17-5)47-18-6,32-28-36-56(48-19-7,49-20-8)50-21-9)39(40,41)33-29-37-57(51-22-10,52-23-11)53-24-12/h13-37,40-41H2,1-12H3. The maximum Gasteiger partial charge on any atom is 0.500 e. The molecule has 0 aliphatic rings. The van der Waals surface area contributed by atoms with Crippen LogP contribution in [0.4, 0.5) is 0 Å². The lowest BCUT2D eigenvalue weighted by Crippen LogP contribution is -2.63. The monoisotopic (exact) mass is 891 g/mol. The average molecular weight is 891 g/mol. The second-order valence-corrected chi connectivity index (χ2v) is 24.9. The van der Waals surface area contributed by atoms with Crippen LogP contribution in [0.1, 0.15) is 141 Å². The smallest absolute Gasteiger partial charge is 0.374 e. The number of hydrogen-bond donors (Lipinski definition) is 2. The Balaban J connectivity index is 7.12. The van der Waals surface area contributed by atoms with Crippen LogP contribution in [0.15, 0.2) is 0 Å². The zero-order chi connectivity index (χ0) is 43.2. The van der Waals surface area contributed by atoms with Crippen LogP contribution >= 0.6 is 0 Å². The Morgan fingerprint density at radius 1 is 0.281 bits per heavy atom. The van der Waals surface area contributed by atoms with Gasteiger partial charge in [0, 0.05) is 109 Å². The lowest BCUT2D eigenvalue weighted by atomic mass is 9.65. The van der Waals surface area contributed by atoms with Gasteiger partial charge in [-0.25, -0.2) is 0 Å². The molecule has 0 radical (unpaired) electrons. The Morgan fingerprint density at radius 3 is 0.702 bits per heavy atom. The highest BCUT2D eigenvalue weighted by atomic mass is 28.4. The quantitative estimate of drug-likeness (QED) is 0.0342. The Bertz CT molecular complexity index is 863. The van der Waals surface area contributed by atoms with E-state index in [0.29, 0.717) is 110 Å². The molecule has 0 saturated heterocycles. The van der Waals surface area contributed by atoms with Gasteiger partial charge >= 0.3 is 35.2 Å². The van der Waals surface area contributed by atoms with Crippen LogP contribution < -0.4 is 11.5 Å². The van der Waals surface area contributed by atoms with Crippen molar-refractivity contribution >= 4 is 35.2 Å². The molecule has 0 fully saturated rings. The fourth-order valence-electron chi connectivity index (χ4n) is 8.03. The van der Waals surface area contributed by atoms with Crippen molar-refractivity contribution in [3.63, 3.8) is 0 Å². The highest BCUT2D eigenvalue weighted by molar-refractivity contribution is 6.61. The van der Waals surface area contributed by atoms with Gasteiger partial charge in [-0.2, -0.15) is 0 Å². The molecule has 0 atom stereocenters. The minimum atomic E-state index is -2.94. The summed E-state index contributed by atoms with van der Waals surface area (Å²) < 4.78 is 75.2. The van der Waals surface area contributed by atoms with E-state index in [0.717, 1.165) is 51.0 Å². The van der Waals surface area contributed by atoms with Crippen LogP contribution in [0.5, 0.6) is 0 Å². The van der Waals surface area contributed by atoms with Gasteiger partial charge in [0.2, 0.25) is 0 Å². The van der Waals surface area contributed by atoms with Gasteiger partial charge in [0.1, 0.15) is 0 Å². The fourth-order valence-corrected chi connectivity index (χ4v) is 18.6. The van der Waals surface area contributed by atoms with E-state index in [2.05, 4.69) is 0 Å². The summed E-state index contributed by atoms with van der Waals surface area (Å²) in [6, 6.07) is 2.68. The van der Waals surface area contributed by atoms with Crippen LogP contribution in [-0.2, 0) is 53.1 Å². The topological polar surface area (TPSA) is 163 Å². The molecule has 0 aliphatic carbocycles. The first-order valence-electron chi connectivity index (χ1n) is 22.6. The highest BCUT2D eigenvalue weighted by Gasteiger charge is 2.50. The number of nitrogens with two attached hydrogens (primary N) is 2. The van der Waals surface area contributed by atoms with Crippen LogP contribution in [0, 0.1) is 5.41 Å². The molecule has 57 heavy (non-hydrogen) atoms. The van der Waals surface area contributed by atoms with Crippen molar-refractivity contribution in [3.05, 3.63) is 0 Å². The molecule has 0 saturated carbocycles. The maximum absolute atomic E-state index is 7.55. The van der Waals surface area contributed by atoms with Gasteiger partial charge in [-0.3, -0.25) is 0 Å². The summed E-state index contributed by atoms with van der Waals surface area (Å²) in [5.41, 5.74) is 13.5. The molecule has 0 amide bonds. The molecule has 0 aliphatic heterocycles. The second-order valence-electron chi connectivity index (χ2n) is 14.0. The summed E-state index contributed by atoms with van der Waals surface area (Å²) in [5.74, 6) is 0. The third-order valence-electron chi connectivity index (χ3n) is 10.1. The number of hydrogen-bond acceptors (Lipinski definition) is 14. The molecule has 0 aromatic heterocycles. The first-order valence-corrected chi connectivity index (χ1v) is 30.3. The lowest BCUT2D eigenvalue weighted by molar-refractivity contribution is 0.0459. The highest BCUT2D eigenvalue weighted by Crippen LogP contribution is 2.46. The molecule has 0 rings (SSSR count). The van der Waals surface area contributed by atoms with E-state index in [9.17, 15) is 0 Å². The largest absolute Gasteiger partial charge is 0.500 e. The van der Waals surface area contributed by atoms with Gasteiger partial charge in [-0.05, 0) is 134 Å².